The monoisotopic (exact) mass is 379 g/mol. The van der Waals surface area contributed by atoms with Crippen LogP contribution in [-0.2, 0) is 4.74 Å². The van der Waals surface area contributed by atoms with Crippen LogP contribution in [0.15, 0.2) is 33.5 Å². The molecule has 1 fully saturated rings. The predicted molar refractivity (Wildman–Crippen MR) is 91.9 cm³/mol. The van der Waals surface area contributed by atoms with Crippen molar-refractivity contribution in [3.05, 3.63) is 44.8 Å². The normalized spacial score (nSPS) is 15.7. The molecular weight excluding hydrogens is 362 g/mol. The number of ether oxygens (including phenoxy) is 1. The summed E-state index contributed by atoms with van der Waals surface area (Å²) < 4.78 is 5.90. The molecule has 1 amide bonds. The Bertz CT molecular complexity index is 769. The first-order valence-corrected chi connectivity index (χ1v) is 8.35. The number of rotatable bonds is 4. The number of aromatic nitrogens is 1. The summed E-state index contributed by atoms with van der Waals surface area (Å²) in [5, 5.41) is 4.15. The van der Waals surface area contributed by atoms with E-state index in [-0.39, 0.29) is 17.2 Å². The number of H-pyrrole nitrogens is 1. The van der Waals surface area contributed by atoms with Gasteiger partial charge in [0.2, 0.25) is 0 Å². The molecule has 2 N–H and O–H groups in total. The number of amides is 1. The topological polar surface area (TPSA) is 74.4 Å². The lowest BCUT2D eigenvalue weighted by Crippen LogP contribution is -2.41. The van der Waals surface area contributed by atoms with Crippen LogP contribution in [0.3, 0.4) is 0 Å². The number of carbonyl (C=O) groups is 1. The number of hydrogen-bond acceptors (Lipinski definition) is 4. The van der Waals surface area contributed by atoms with Gasteiger partial charge in [-0.15, -0.1) is 0 Å². The van der Waals surface area contributed by atoms with Crippen molar-refractivity contribution in [2.45, 2.75) is 0 Å². The number of benzene rings is 1. The minimum Gasteiger partial charge on any atom is -0.379 e. The third-order valence-corrected chi connectivity index (χ3v) is 4.73. The fourth-order valence-corrected chi connectivity index (χ4v) is 3.27. The van der Waals surface area contributed by atoms with Crippen LogP contribution >= 0.6 is 15.9 Å². The third-order valence-electron chi connectivity index (χ3n) is 3.91. The van der Waals surface area contributed by atoms with Crippen LogP contribution < -0.4 is 10.9 Å². The van der Waals surface area contributed by atoms with Crippen LogP contribution in [0, 0.1) is 0 Å². The van der Waals surface area contributed by atoms with Crippen LogP contribution in [0.1, 0.15) is 10.5 Å². The summed E-state index contributed by atoms with van der Waals surface area (Å²) in [5.41, 5.74) is -0.00203. The highest BCUT2D eigenvalue weighted by Gasteiger charge is 2.16. The zero-order valence-corrected chi connectivity index (χ0v) is 14.2. The van der Waals surface area contributed by atoms with Crippen LogP contribution in [0.4, 0.5) is 0 Å². The van der Waals surface area contributed by atoms with Crippen molar-refractivity contribution >= 4 is 32.6 Å². The summed E-state index contributed by atoms with van der Waals surface area (Å²) in [6.45, 7) is 4.53. The number of aromatic amines is 1. The maximum absolute atomic E-state index is 12.3. The second kappa shape index (κ2) is 7.25. The summed E-state index contributed by atoms with van der Waals surface area (Å²) in [5.74, 6) is -0.284. The smallest absolute Gasteiger partial charge is 0.269 e. The number of nitrogens with one attached hydrogen (secondary N) is 2. The van der Waals surface area contributed by atoms with E-state index in [4.69, 9.17) is 4.74 Å². The summed E-state index contributed by atoms with van der Waals surface area (Å²) >= 11 is 3.43. The van der Waals surface area contributed by atoms with Gasteiger partial charge in [-0.25, -0.2) is 0 Å². The van der Waals surface area contributed by atoms with Crippen LogP contribution in [0.5, 0.6) is 0 Å². The molecule has 0 atom stereocenters. The molecule has 1 saturated heterocycles. The van der Waals surface area contributed by atoms with Crippen LogP contribution in [-0.4, -0.2) is 55.2 Å². The van der Waals surface area contributed by atoms with Gasteiger partial charge in [0.15, 0.2) is 0 Å². The van der Waals surface area contributed by atoms with Gasteiger partial charge in [-0.05, 0) is 22.0 Å². The molecule has 6 nitrogen and oxygen atoms in total. The van der Waals surface area contributed by atoms with E-state index in [1.165, 1.54) is 0 Å². The molecule has 0 unspecified atom stereocenters. The molecule has 3 rings (SSSR count). The van der Waals surface area contributed by atoms with Crippen molar-refractivity contribution in [1.29, 1.82) is 0 Å². The molecule has 1 aromatic heterocycles. The zero-order chi connectivity index (χ0) is 16.2. The van der Waals surface area contributed by atoms with E-state index in [0.29, 0.717) is 16.4 Å². The minimum absolute atomic E-state index is 0.260. The lowest BCUT2D eigenvalue weighted by molar-refractivity contribution is 0.0383. The second-order valence-electron chi connectivity index (χ2n) is 5.40. The SMILES string of the molecule is O=C(NCCN1CCOCC1)c1[nH]c(=O)c2ccccc2c1Br. The summed E-state index contributed by atoms with van der Waals surface area (Å²) in [7, 11) is 0. The number of fused-ring (bicyclic) bond motifs is 1. The molecule has 0 saturated carbocycles. The molecule has 1 aliphatic rings. The average molecular weight is 380 g/mol. The first kappa shape index (κ1) is 16.2. The second-order valence-corrected chi connectivity index (χ2v) is 6.19. The van der Waals surface area contributed by atoms with Crippen molar-refractivity contribution in [2.75, 3.05) is 39.4 Å². The van der Waals surface area contributed by atoms with Crippen molar-refractivity contribution in [3.63, 3.8) is 0 Å². The number of morpholine rings is 1. The highest BCUT2D eigenvalue weighted by Crippen LogP contribution is 2.23. The van der Waals surface area contributed by atoms with Gasteiger partial charge in [-0.1, -0.05) is 18.2 Å². The zero-order valence-electron chi connectivity index (χ0n) is 12.6. The van der Waals surface area contributed by atoms with Gasteiger partial charge in [0, 0.05) is 37.0 Å². The molecule has 2 aromatic rings. The molecular formula is C16H18BrN3O3. The highest BCUT2D eigenvalue weighted by atomic mass is 79.9. The van der Waals surface area contributed by atoms with E-state index in [0.717, 1.165) is 38.2 Å². The molecule has 0 spiro atoms. The number of hydrogen-bond donors (Lipinski definition) is 2. The summed E-state index contributed by atoms with van der Waals surface area (Å²) in [6, 6.07) is 7.19. The first-order chi connectivity index (χ1) is 11.2. The van der Waals surface area contributed by atoms with Crippen molar-refractivity contribution in [3.8, 4) is 0 Å². The Hall–Kier alpha value is -1.70. The molecule has 1 aromatic carbocycles. The Labute approximate surface area is 141 Å². The molecule has 7 heteroatoms. The first-order valence-electron chi connectivity index (χ1n) is 7.55. The van der Waals surface area contributed by atoms with Gasteiger partial charge >= 0.3 is 0 Å². The third kappa shape index (κ3) is 3.63. The Morgan fingerprint density at radius 3 is 2.70 bits per heavy atom. The largest absolute Gasteiger partial charge is 0.379 e. The lowest BCUT2D eigenvalue weighted by Gasteiger charge is -2.26. The molecule has 0 bridgehead atoms. The molecule has 122 valence electrons. The van der Waals surface area contributed by atoms with Crippen molar-refractivity contribution < 1.29 is 9.53 Å². The van der Waals surface area contributed by atoms with E-state index < -0.39 is 0 Å². The average Bonchev–Trinajstić information content (AvgIpc) is 2.59. The number of halogens is 1. The lowest BCUT2D eigenvalue weighted by atomic mass is 10.1. The Morgan fingerprint density at radius 2 is 1.96 bits per heavy atom. The molecule has 2 heterocycles. The number of carbonyl (C=O) groups excluding carboxylic acids is 1. The van der Waals surface area contributed by atoms with Crippen molar-refractivity contribution in [1.82, 2.24) is 15.2 Å². The van der Waals surface area contributed by atoms with Crippen LogP contribution in [0.2, 0.25) is 0 Å². The predicted octanol–water partition coefficient (Wildman–Crippen LogP) is 1.35. The maximum Gasteiger partial charge on any atom is 0.269 e. The fourth-order valence-electron chi connectivity index (χ4n) is 2.64. The highest BCUT2D eigenvalue weighted by molar-refractivity contribution is 9.10. The van der Waals surface area contributed by atoms with E-state index in [2.05, 4.69) is 31.1 Å². The quantitative estimate of drug-likeness (QED) is 0.840. The molecule has 1 aliphatic heterocycles. The van der Waals surface area contributed by atoms with E-state index in [9.17, 15) is 9.59 Å². The summed E-state index contributed by atoms with van der Waals surface area (Å²) in [6.07, 6.45) is 0. The minimum atomic E-state index is -0.284. The maximum atomic E-state index is 12.3. The Kier molecular flexibility index (Phi) is 5.09. The number of pyridine rings is 1. The summed E-state index contributed by atoms with van der Waals surface area (Å²) in [4.78, 5) is 29.3. The standard InChI is InChI=1S/C16H18BrN3O3/c17-13-11-3-1-2-4-12(11)15(21)19-14(13)16(22)18-5-6-20-7-9-23-10-8-20/h1-4H,5-10H2,(H,18,22)(H,19,21). The Morgan fingerprint density at radius 1 is 1.26 bits per heavy atom. The van der Waals surface area contributed by atoms with Gasteiger partial charge < -0.3 is 15.0 Å². The van der Waals surface area contributed by atoms with E-state index >= 15 is 0 Å². The van der Waals surface area contributed by atoms with Crippen molar-refractivity contribution in [2.24, 2.45) is 0 Å². The van der Waals surface area contributed by atoms with Gasteiger partial charge in [0.25, 0.3) is 11.5 Å². The van der Waals surface area contributed by atoms with Gasteiger partial charge in [-0.2, -0.15) is 0 Å². The van der Waals surface area contributed by atoms with Crippen LogP contribution in [0.25, 0.3) is 10.8 Å². The fraction of sp³-hybridized carbons (Fsp3) is 0.375. The molecule has 0 radical (unpaired) electrons. The van der Waals surface area contributed by atoms with E-state index in [1.54, 1.807) is 12.1 Å². The number of nitrogens with zero attached hydrogens (tertiary/aromatic N) is 1. The van der Waals surface area contributed by atoms with Gasteiger partial charge in [0.1, 0.15) is 5.69 Å². The van der Waals surface area contributed by atoms with Gasteiger partial charge in [-0.3, -0.25) is 14.5 Å². The molecule has 0 aliphatic carbocycles. The van der Waals surface area contributed by atoms with Gasteiger partial charge in [0.05, 0.1) is 17.7 Å². The molecule has 23 heavy (non-hydrogen) atoms. The Balaban J connectivity index is 1.71. The van der Waals surface area contributed by atoms with E-state index in [1.807, 2.05) is 12.1 Å².